The maximum Gasteiger partial charge on any atom is 0.195 e. The molecule has 0 radical (unpaired) electrons. The van der Waals surface area contributed by atoms with Crippen molar-refractivity contribution >= 4 is 72.1 Å². The first kappa shape index (κ1) is 24.5. The average molecular weight is 453 g/mol. The van der Waals surface area contributed by atoms with E-state index in [1.54, 1.807) is 0 Å². The molecule has 0 amide bonds. The lowest BCUT2D eigenvalue weighted by molar-refractivity contribution is 0.308. The molecule has 0 heterocycles. The zero-order valence-corrected chi connectivity index (χ0v) is 23.8. The molecule has 0 bridgehead atoms. The molecule has 0 unspecified atom stereocenters. The number of hydrogen-bond donors (Lipinski definition) is 1. The van der Waals surface area contributed by atoms with Gasteiger partial charge in [0.15, 0.2) is 49.6 Å². The molecule has 23 heavy (non-hydrogen) atoms. The highest BCUT2D eigenvalue weighted by molar-refractivity contribution is 8.42. The molecule has 0 aliphatic carbocycles. The van der Waals surface area contributed by atoms with Crippen LogP contribution in [-0.2, 0) is 19.9 Å². The second kappa shape index (κ2) is 9.96. The van der Waals surface area contributed by atoms with Crippen molar-refractivity contribution in [1.29, 1.82) is 0 Å². The minimum absolute atomic E-state index is 0.411. The number of thiol groups is 1. The second-order valence-electron chi connectivity index (χ2n) is 6.75. The molecule has 0 aliphatic rings. The van der Waals surface area contributed by atoms with Crippen LogP contribution in [0.15, 0.2) is 0 Å². The summed E-state index contributed by atoms with van der Waals surface area (Å²) in [6.07, 6.45) is 0. The summed E-state index contributed by atoms with van der Waals surface area (Å²) in [5.41, 5.74) is 0. The first-order valence-electron chi connectivity index (χ1n) is 8.25. The van der Waals surface area contributed by atoms with Crippen LogP contribution in [0.5, 0.6) is 0 Å². The Kier molecular flexibility index (Phi) is 10.6. The number of hydrogen-bond acceptors (Lipinski definition) is 5. The van der Waals surface area contributed by atoms with Crippen molar-refractivity contribution in [3.63, 3.8) is 0 Å². The van der Waals surface area contributed by atoms with Crippen molar-refractivity contribution in [2.45, 2.75) is 65.5 Å². The van der Waals surface area contributed by atoms with Crippen LogP contribution >= 0.6 is 22.5 Å². The van der Waals surface area contributed by atoms with Crippen molar-refractivity contribution in [2.75, 3.05) is 0 Å². The molecule has 0 atom stereocenters. The topological polar surface area (TPSA) is 46.2 Å². The molecule has 142 valence electrons. The smallest absolute Gasteiger partial charge is 0.195 e. The van der Waals surface area contributed by atoms with E-state index in [0.717, 1.165) is 0 Å². The Bertz CT molecular complexity index is 381. The summed E-state index contributed by atoms with van der Waals surface area (Å²) >= 11 is 4.70. The molecule has 0 fully saturated rings. The molecule has 12 heteroatoms. The minimum atomic E-state index is -3.61. The van der Waals surface area contributed by atoms with Crippen LogP contribution in [0.25, 0.3) is 0 Å². The highest BCUT2D eigenvalue weighted by Gasteiger charge is 2.44. The van der Waals surface area contributed by atoms with Crippen LogP contribution in [0, 0.1) is 0 Å². The van der Waals surface area contributed by atoms with Gasteiger partial charge in [0.05, 0.1) is 0 Å². The Morgan fingerprint density at radius 1 is 0.565 bits per heavy atom. The standard InChI is InChI=1S/C11H36O5S2Si5/c1-19(2)12-11(17)18(13-20(3)4,14-21(5)6,15-22(7)8)16-23(9)10/h17,19-23H,1-10H3. The summed E-state index contributed by atoms with van der Waals surface area (Å²) in [7, 11) is -11.1. The molecule has 0 spiro atoms. The van der Waals surface area contributed by atoms with Gasteiger partial charge in [-0.1, -0.05) is 0 Å². The van der Waals surface area contributed by atoms with E-state index in [2.05, 4.69) is 65.5 Å². The van der Waals surface area contributed by atoms with Crippen LogP contribution in [0.4, 0.5) is 0 Å². The molecule has 0 aliphatic heterocycles. The summed E-state index contributed by atoms with van der Waals surface area (Å²) in [5, 5.41) is 0. The monoisotopic (exact) mass is 452 g/mol. The van der Waals surface area contributed by atoms with E-state index in [9.17, 15) is 0 Å². The SMILES string of the molecule is C[SiH](C)OC(S)=S(O[SiH](C)C)(O[SiH](C)C)(O[SiH](C)C)O[SiH](C)C. The fourth-order valence-electron chi connectivity index (χ4n) is 1.91. The van der Waals surface area contributed by atoms with Gasteiger partial charge < -0.3 is 19.9 Å². The highest BCUT2D eigenvalue weighted by atomic mass is 32.3. The zero-order chi connectivity index (χ0) is 18.4. The average Bonchev–Trinajstić information content (AvgIpc) is 2.22. The molecule has 0 aromatic heterocycles. The van der Waals surface area contributed by atoms with Crippen molar-refractivity contribution in [2.24, 2.45) is 0 Å². The quantitative estimate of drug-likeness (QED) is 0.331. The van der Waals surface area contributed by atoms with Crippen LogP contribution < -0.4 is 0 Å². The Balaban J connectivity index is 6.60. The predicted octanol–water partition coefficient (Wildman–Crippen LogP) is 3.00. The van der Waals surface area contributed by atoms with E-state index in [4.69, 9.17) is 32.5 Å². The maximum atomic E-state index is 6.49. The van der Waals surface area contributed by atoms with E-state index in [0.29, 0.717) is 4.38 Å². The first-order chi connectivity index (χ1) is 10.3. The molecular weight excluding hydrogens is 417 g/mol. The van der Waals surface area contributed by atoms with E-state index in [-0.39, 0.29) is 0 Å². The van der Waals surface area contributed by atoms with Gasteiger partial charge in [0.25, 0.3) is 0 Å². The third-order valence-electron chi connectivity index (χ3n) is 2.06. The molecule has 5 nitrogen and oxygen atoms in total. The lowest BCUT2D eigenvalue weighted by Gasteiger charge is -2.53. The van der Waals surface area contributed by atoms with Crippen molar-refractivity contribution in [3.8, 4) is 0 Å². The molecule has 0 aromatic rings. The van der Waals surface area contributed by atoms with Gasteiger partial charge in [0.2, 0.25) is 0 Å². The fourth-order valence-corrected chi connectivity index (χ4v) is 21.2. The van der Waals surface area contributed by atoms with Gasteiger partial charge in [-0.2, -0.15) is 0 Å². The van der Waals surface area contributed by atoms with E-state index in [1.807, 2.05) is 0 Å². The van der Waals surface area contributed by atoms with Gasteiger partial charge in [-0.3, -0.25) is 0 Å². The summed E-state index contributed by atoms with van der Waals surface area (Å²) < 4.78 is 32.4. The fraction of sp³-hybridized carbons (Fsp3) is 0.909. The molecule has 0 saturated heterocycles. The summed E-state index contributed by atoms with van der Waals surface area (Å²) in [4.78, 5) is 0. The lowest BCUT2D eigenvalue weighted by Crippen LogP contribution is -2.40. The summed E-state index contributed by atoms with van der Waals surface area (Å²) in [5.74, 6) is 0. The van der Waals surface area contributed by atoms with Crippen LogP contribution in [-0.4, -0.2) is 49.6 Å². The highest BCUT2D eigenvalue weighted by Crippen LogP contribution is 2.67. The van der Waals surface area contributed by atoms with Crippen molar-refractivity contribution < 1.29 is 19.9 Å². The van der Waals surface area contributed by atoms with Crippen LogP contribution in [0.1, 0.15) is 0 Å². The lowest BCUT2D eigenvalue weighted by atomic mass is 11.7. The minimum Gasteiger partial charge on any atom is -0.375 e. The van der Waals surface area contributed by atoms with Gasteiger partial charge in [0, 0.05) is 0 Å². The first-order valence-corrected chi connectivity index (χ1v) is 24.3. The van der Waals surface area contributed by atoms with Gasteiger partial charge in [-0.15, -0.1) is 12.6 Å². The predicted molar refractivity (Wildman–Crippen MR) is 121 cm³/mol. The maximum absolute atomic E-state index is 6.49. The van der Waals surface area contributed by atoms with Crippen molar-refractivity contribution in [1.82, 2.24) is 0 Å². The van der Waals surface area contributed by atoms with E-state index in [1.165, 1.54) is 0 Å². The molecule has 0 saturated carbocycles. The molecular formula is C11H36O5S2Si5. The Morgan fingerprint density at radius 3 is 1.00 bits per heavy atom. The van der Waals surface area contributed by atoms with Gasteiger partial charge in [-0.05, 0) is 65.5 Å². The Hall–Kier alpha value is 1.45. The largest absolute Gasteiger partial charge is 0.375 e. The molecule has 0 rings (SSSR count). The molecule has 0 aromatic carbocycles. The Morgan fingerprint density at radius 2 is 0.826 bits per heavy atom. The van der Waals surface area contributed by atoms with Crippen LogP contribution in [0.3, 0.4) is 0 Å². The third-order valence-corrected chi connectivity index (χ3v) is 16.3. The normalized spacial score (nSPS) is 15.0. The van der Waals surface area contributed by atoms with Gasteiger partial charge >= 0.3 is 0 Å². The zero-order valence-electron chi connectivity index (χ0n) is 16.3. The Labute approximate surface area is 157 Å². The summed E-state index contributed by atoms with van der Waals surface area (Å²) in [6.45, 7) is 21.0. The van der Waals surface area contributed by atoms with Gasteiger partial charge in [-0.25, -0.2) is 0 Å². The molecule has 0 N–H and O–H groups in total. The second-order valence-corrected chi connectivity index (χ2v) is 23.1. The van der Waals surface area contributed by atoms with Gasteiger partial charge in [0.1, 0.15) is 9.87 Å². The van der Waals surface area contributed by atoms with Crippen molar-refractivity contribution in [3.05, 3.63) is 0 Å². The number of rotatable bonds is 9. The van der Waals surface area contributed by atoms with E-state index < -0.39 is 55.1 Å². The van der Waals surface area contributed by atoms with E-state index >= 15 is 0 Å². The third kappa shape index (κ3) is 7.70. The van der Waals surface area contributed by atoms with Crippen LogP contribution in [0.2, 0.25) is 65.5 Å². The summed E-state index contributed by atoms with van der Waals surface area (Å²) in [6, 6.07) is 0.